The predicted molar refractivity (Wildman–Crippen MR) is 85.1 cm³/mol. The Balaban J connectivity index is 2.11. The van der Waals surface area contributed by atoms with Crippen molar-refractivity contribution in [2.45, 2.75) is 0 Å². The second-order valence-electron chi connectivity index (χ2n) is 4.48. The van der Waals surface area contributed by atoms with Crippen LogP contribution in [0, 0.1) is 5.82 Å². The lowest BCUT2D eigenvalue weighted by Gasteiger charge is -2.19. The van der Waals surface area contributed by atoms with Crippen LogP contribution in [-0.4, -0.2) is 0 Å². The van der Waals surface area contributed by atoms with Crippen molar-refractivity contribution in [2.75, 3.05) is 0 Å². The lowest BCUT2D eigenvalue weighted by Crippen LogP contribution is -2.20. The van der Waals surface area contributed by atoms with Crippen molar-refractivity contribution >= 4 is 23.8 Å². The summed E-state index contributed by atoms with van der Waals surface area (Å²) < 4.78 is 13.2. The molecule has 0 N–H and O–H groups in total. The second-order valence-corrected chi connectivity index (χ2v) is 6.70. The van der Waals surface area contributed by atoms with Gasteiger partial charge in [-0.25, -0.2) is 4.39 Å². The molecule has 0 bridgehead atoms. The monoisotopic (exact) mass is 280 g/mol. The normalized spacial score (nSPS) is 10.7. The average Bonchev–Trinajstić information content (AvgIpc) is 2.52. The lowest BCUT2D eigenvalue weighted by atomic mass is 10.3. The van der Waals surface area contributed by atoms with Gasteiger partial charge in [0.25, 0.3) is 0 Å². The first kappa shape index (κ1) is 13.0. The maximum Gasteiger partial charge on any atom is 0.123 e. The summed E-state index contributed by atoms with van der Waals surface area (Å²) in [5.74, 6) is -0.190. The van der Waals surface area contributed by atoms with Crippen LogP contribution in [-0.2, 0) is 0 Å². The topological polar surface area (TPSA) is 0 Å². The van der Waals surface area contributed by atoms with Crippen LogP contribution < -0.4 is 15.9 Å². The number of benzene rings is 3. The fourth-order valence-corrected chi connectivity index (χ4v) is 4.47. The summed E-state index contributed by atoms with van der Waals surface area (Å²) in [5.41, 5.74) is 0. The van der Waals surface area contributed by atoms with Crippen molar-refractivity contribution in [1.29, 1.82) is 0 Å². The van der Waals surface area contributed by atoms with Crippen molar-refractivity contribution in [3.8, 4) is 0 Å². The molecule has 0 aliphatic carbocycles. The number of hydrogen-bond donors (Lipinski definition) is 0. The molecule has 0 heterocycles. The van der Waals surface area contributed by atoms with Gasteiger partial charge in [0.05, 0.1) is 0 Å². The van der Waals surface area contributed by atoms with Gasteiger partial charge in [-0.2, -0.15) is 0 Å². The molecule has 0 radical (unpaired) electrons. The number of hydrogen-bond acceptors (Lipinski definition) is 0. The SMILES string of the molecule is Fc1ccc(P(c2ccccc2)c2ccccc2)cc1. The Morgan fingerprint density at radius 1 is 0.500 bits per heavy atom. The molecule has 2 heteroatoms. The first-order valence-electron chi connectivity index (χ1n) is 6.50. The van der Waals surface area contributed by atoms with Crippen LogP contribution >= 0.6 is 7.92 Å². The van der Waals surface area contributed by atoms with E-state index in [0.29, 0.717) is 0 Å². The molecule has 3 rings (SSSR count). The summed E-state index contributed by atoms with van der Waals surface area (Å²) in [4.78, 5) is 0. The largest absolute Gasteiger partial charge is 0.207 e. The molecular weight excluding hydrogens is 266 g/mol. The number of halogens is 1. The lowest BCUT2D eigenvalue weighted by molar-refractivity contribution is 0.628. The van der Waals surface area contributed by atoms with Crippen LogP contribution in [0.4, 0.5) is 4.39 Å². The van der Waals surface area contributed by atoms with E-state index in [9.17, 15) is 4.39 Å². The van der Waals surface area contributed by atoms with Gasteiger partial charge in [-0.1, -0.05) is 72.8 Å². The maximum absolute atomic E-state index is 13.2. The first-order chi connectivity index (χ1) is 9.84. The quantitative estimate of drug-likeness (QED) is 0.643. The van der Waals surface area contributed by atoms with Gasteiger partial charge in [-0.3, -0.25) is 0 Å². The van der Waals surface area contributed by atoms with Gasteiger partial charge >= 0.3 is 0 Å². The average molecular weight is 280 g/mol. The molecule has 0 saturated carbocycles. The minimum atomic E-state index is -0.625. The Bertz CT molecular complexity index is 623. The van der Waals surface area contributed by atoms with Gasteiger partial charge in [0, 0.05) is 0 Å². The highest BCUT2D eigenvalue weighted by Crippen LogP contribution is 2.32. The van der Waals surface area contributed by atoms with Crippen LogP contribution in [0.1, 0.15) is 0 Å². The number of rotatable bonds is 3. The van der Waals surface area contributed by atoms with Crippen LogP contribution in [0.5, 0.6) is 0 Å². The van der Waals surface area contributed by atoms with E-state index in [1.165, 1.54) is 28.0 Å². The summed E-state index contributed by atoms with van der Waals surface area (Å²) >= 11 is 0. The predicted octanol–water partition coefficient (Wildman–Crippen LogP) is 3.58. The molecule has 0 aliphatic rings. The van der Waals surface area contributed by atoms with E-state index in [-0.39, 0.29) is 5.82 Å². The highest BCUT2D eigenvalue weighted by atomic mass is 31.1. The minimum Gasteiger partial charge on any atom is -0.207 e. The molecule has 0 fully saturated rings. The Morgan fingerprint density at radius 3 is 1.35 bits per heavy atom. The zero-order valence-corrected chi connectivity index (χ0v) is 11.8. The zero-order valence-electron chi connectivity index (χ0n) is 10.9. The molecule has 0 aliphatic heterocycles. The molecular formula is C18H14FP. The summed E-state index contributed by atoms with van der Waals surface area (Å²) in [6, 6.07) is 27.7. The Morgan fingerprint density at radius 2 is 0.900 bits per heavy atom. The smallest absolute Gasteiger partial charge is 0.123 e. The highest BCUT2D eigenvalue weighted by Gasteiger charge is 2.15. The zero-order chi connectivity index (χ0) is 13.8. The summed E-state index contributed by atoms with van der Waals surface area (Å²) in [5, 5.41) is 3.72. The molecule has 0 saturated heterocycles. The van der Waals surface area contributed by atoms with Crippen LogP contribution in [0.15, 0.2) is 84.9 Å². The highest BCUT2D eigenvalue weighted by molar-refractivity contribution is 7.79. The van der Waals surface area contributed by atoms with E-state index in [4.69, 9.17) is 0 Å². The third kappa shape index (κ3) is 2.79. The molecule has 98 valence electrons. The molecule has 0 unspecified atom stereocenters. The van der Waals surface area contributed by atoms with Gasteiger partial charge in [0.15, 0.2) is 0 Å². The van der Waals surface area contributed by atoms with E-state index < -0.39 is 7.92 Å². The molecule has 3 aromatic rings. The van der Waals surface area contributed by atoms with Gasteiger partial charge in [0.2, 0.25) is 0 Å². The van der Waals surface area contributed by atoms with Crippen LogP contribution in [0.2, 0.25) is 0 Å². The Hall–Kier alpha value is -1.98. The fraction of sp³-hybridized carbons (Fsp3) is 0. The van der Waals surface area contributed by atoms with Crippen molar-refractivity contribution in [3.05, 3.63) is 90.7 Å². The third-order valence-electron chi connectivity index (χ3n) is 3.11. The first-order valence-corrected chi connectivity index (χ1v) is 7.84. The van der Waals surface area contributed by atoms with E-state index in [1.54, 1.807) is 0 Å². The van der Waals surface area contributed by atoms with Crippen molar-refractivity contribution < 1.29 is 4.39 Å². The summed E-state index contributed by atoms with van der Waals surface area (Å²) in [7, 11) is -0.625. The van der Waals surface area contributed by atoms with Gasteiger partial charge < -0.3 is 0 Å². The molecule has 0 nitrogen and oxygen atoms in total. The summed E-state index contributed by atoms with van der Waals surface area (Å²) in [6.07, 6.45) is 0. The second kappa shape index (κ2) is 5.98. The molecule has 0 atom stereocenters. The van der Waals surface area contributed by atoms with Gasteiger partial charge in [0.1, 0.15) is 5.82 Å². The standard InChI is InChI=1S/C18H14FP/c19-15-11-13-18(14-12-15)20(16-7-3-1-4-8-16)17-9-5-2-6-10-17/h1-14H. The maximum atomic E-state index is 13.2. The minimum absolute atomic E-state index is 0.190. The molecule has 0 amide bonds. The molecule has 20 heavy (non-hydrogen) atoms. The third-order valence-corrected chi connectivity index (χ3v) is 5.56. The van der Waals surface area contributed by atoms with E-state index in [1.807, 2.05) is 24.3 Å². The Labute approximate surface area is 119 Å². The van der Waals surface area contributed by atoms with Crippen molar-refractivity contribution in [3.63, 3.8) is 0 Å². The van der Waals surface area contributed by atoms with Crippen molar-refractivity contribution in [1.82, 2.24) is 0 Å². The van der Waals surface area contributed by atoms with Gasteiger partial charge in [-0.15, -0.1) is 0 Å². The molecule has 0 spiro atoms. The molecule has 3 aromatic carbocycles. The fourth-order valence-electron chi connectivity index (χ4n) is 2.19. The van der Waals surface area contributed by atoms with Gasteiger partial charge in [-0.05, 0) is 36.0 Å². The van der Waals surface area contributed by atoms with Crippen LogP contribution in [0.25, 0.3) is 0 Å². The Kier molecular flexibility index (Phi) is 3.90. The summed E-state index contributed by atoms with van der Waals surface area (Å²) in [6.45, 7) is 0. The van der Waals surface area contributed by atoms with Crippen LogP contribution in [0.3, 0.4) is 0 Å². The van der Waals surface area contributed by atoms with E-state index in [0.717, 1.165) is 0 Å². The van der Waals surface area contributed by atoms with E-state index >= 15 is 0 Å². The van der Waals surface area contributed by atoms with E-state index in [2.05, 4.69) is 48.5 Å². The van der Waals surface area contributed by atoms with Crippen molar-refractivity contribution in [2.24, 2.45) is 0 Å². The molecule has 0 aromatic heterocycles.